The van der Waals surface area contributed by atoms with Gasteiger partial charge < -0.3 is 0 Å². The maximum absolute atomic E-state index is 12.9. The third-order valence-corrected chi connectivity index (χ3v) is 5.99. The molecule has 0 fully saturated rings. The molecule has 4 nitrogen and oxygen atoms in total. The molecule has 0 aliphatic carbocycles. The molecule has 0 spiro atoms. The molecule has 0 unspecified atom stereocenters. The van der Waals surface area contributed by atoms with E-state index in [-0.39, 0.29) is 18.8 Å². The SMILES string of the molecule is C.C=C(/C=C(\C)N=Cc1cccc2ccccc12)C(=O)C(=C)/C=C(\C)N=Nc1c(C)ccc2ccccc12.CC.CC. The Morgan fingerprint density at radius 3 is 1.86 bits per heavy atom. The van der Waals surface area contributed by atoms with E-state index in [0.717, 1.165) is 38.4 Å². The van der Waals surface area contributed by atoms with Gasteiger partial charge >= 0.3 is 0 Å². The lowest BCUT2D eigenvalue weighted by molar-refractivity contribution is -0.111. The van der Waals surface area contributed by atoms with E-state index in [1.54, 1.807) is 25.3 Å². The maximum atomic E-state index is 12.9. The molecule has 0 atom stereocenters. The molecule has 0 aliphatic heterocycles. The number of hydrogen-bond donors (Lipinski definition) is 0. The molecule has 0 amide bonds. The molecular formula is C38H45N3O. The van der Waals surface area contributed by atoms with Crippen LogP contribution in [0.1, 0.15) is 60.1 Å². The summed E-state index contributed by atoms with van der Waals surface area (Å²) in [5, 5.41) is 13.2. The highest BCUT2D eigenvalue weighted by Crippen LogP contribution is 2.30. The molecule has 218 valence electrons. The number of allylic oxidation sites excluding steroid dienone is 6. The number of Topliss-reactive ketones (excluding diaryl/α,β-unsaturated/α-hetero) is 1. The second kappa shape index (κ2) is 17.9. The minimum absolute atomic E-state index is 0. The molecule has 0 N–H and O–H groups in total. The van der Waals surface area contributed by atoms with Gasteiger partial charge in [0.05, 0.1) is 11.4 Å². The molecular weight excluding hydrogens is 514 g/mol. The molecule has 0 radical (unpaired) electrons. The summed E-state index contributed by atoms with van der Waals surface area (Å²) in [6.45, 7) is 21.5. The van der Waals surface area contributed by atoms with E-state index in [2.05, 4.69) is 52.6 Å². The topological polar surface area (TPSA) is 54.1 Å². The fraction of sp³-hybridized carbons (Fsp3) is 0.211. The minimum atomic E-state index is -0.268. The Morgan fingerprint density at radius 2 is 1.21 bits per heavy atom. The molecule has 0 aromatic heterocycles. The number of ketones is 1. The average Bonchev–Trinajstić information content (AvgIpc) is 3.01. The lowest BCUT2D eigenvalue weighted by Gasteiger charge is -2.05. The zero-order valence-electron chi connectivity index (χ0n) is 25.4. The fourth-order valence-electron chi connectivity index (χ4n) is 4.07. The van der Waals surface area contributed by atoms with Crippen LogP contribution in [0, 0.1) is 6.92 Å². The number of aliphatic imine (C=N–C) groups is 1. The first-order chi connectivity index (χ1) is 19.8. The number of benzene rings is 4. The quantitative estimate of drug-likeness (QED) is 0.0916. The van der Waals surface area contributed by atoms with Gasteiger partial charge in [0, 0.05) is 34.0 Å². The summed E-state index contributed by atoms with van der Waals surface area (Å²) < 4.78 is 0. The molecule has 4 heteroatoms. The molecule has 42 heavy (non-hydrogen) atoms. The van der Waals surface area contributed by atoms with Crippen molar-refractivity contribution in [2.24, 2.45) is 15.2 Å². The molecule has 4 rings (SSSR count). The molecule has 4 aromatic carbocycles. The van der Waals surface area contributed by atoms with Crippen molar-refractivity contribution in [1.29, 1.82) is 0 Å². The predicted molar refractivity (Wildman–Crippen MR) is 185 cm³/mol. The van der Waals surface area contributed by atoms with Crippen molar-refractivity contribution in [3.63, 3.8) is 0 Å². The van der Waals surface area contributed by atoms with Gasteiger partial charge in [-0.15, -0.1) is 5.11 Å². The van der Waals surface area contributed by atoms with Gasteiger partial charge in [-0.2, -0.15) is 5.11 Å². The zero-order valence-corrected chi connectivity index (χ0v) is 25.4. The Kier molecular flexibility index (Phi) is 15.0. The van der Waals surface area contributed by atoms with Crippen LogP contribution in [-0.2, 0) is 4.79 Å². The van der Waals surface area contributed by atoms with Crippen molar-refractivity contribution in [1.82, 2.24) is 0 Å². The van der Waals surface area contributed by atoms with E-state index in [0.29, 0.717) is 17.0 Å². The second-order valence-electron chi connectivity index (χ2n) is 8.93. The summed E-state index contributed by atoms with van der Waals surface area (Å²) in [4.78, 5) is 17.4. The van der Waals surface area contributed by atoms with Gasteiger partial charge in [-0.3, -0.25) is 9.79 Å². The van der Waals surface area contributed by atoms with Crippen LogP contribution >= 0.6 is 0 Å². The van der Waals surface area contributed by atoms with Crippen LogP contribution in [-0.4, -0.2) is 12.0 Å². The average molecular weight is 560 g/mol. The Balaban J connectivity index is 0.00000169. The van der Waals surface area contributed by atoms with Crippen LogP contribution in [0.4, 0.5) is 5.69 Å². The van der Waals surface area contributed by atoms with Crippen LogP contribution < -0.4 is 0 Å². The highest BCUT2D eigenvalue weighted by Gasteiger charge is 2.09. The number of fused-ring (bicyclic) bond motifs is 2. The van der Waals surface area contributed by atoms with E-state index in [1.807, 2.05) is 96.1 Å². The van der Waals surface area contributed by atoms with Crippen molar-refractivity contribution >= 4 is 39.2 Å². The van der Waals surface area contributed by atoms with Crippen molar-refractivity contribution in [3.8, 4) is 0 Å². The van der Waals surface area contributed by atoms with Crippen molar-refractivity contribution in [3.05, 3.63) is 138 Å². The van der Waals surface area contributed by atoms with Gasteiger partial charge in [0.15, 0.2) is 5.78 Å². The standard InChI is InChI=1S/C33H29N3O.2C2H6.CH4/c1-22-17-18-28-12-7-9-16-31(28)32(22)36-35-26(5)20-24(3)33(37)23(2)19-25(4)34-21-29-14-10-13-27-11-6-8-15-30(27)29;2*1-2;/h6-21H,2-3H2,1,4-5H3;2*1-2H3;1H4/b25-19+,26-20+,34-21?,36-35?;;;. The highest BCUT2D eigenvalue weighted by molar-refractivity contribution is 6.11. The summed E-state index contributed by atoms with van der Waals surface area (Å²) >= 11 is 0. The van der Waals surface area contributed by atoms with Crippen molar-refractivity contribution in [2.75, 3.05) is 0 Å². The molecule has 0 aliphatic rings. The van der Waals surface area contributed by atoms with Gasteiger partial charge in [-0.25, -0.2) is 0 Å². The van der Waals surface area contributed by atoms with Crippen LogP contribution in [0.3, 0.4) is 0 Å². The van der Waals surface area contributed by atoms with Gasteiger partial charge in [-0.1, -0.05) is 127 Å². The van der Waals surface area contributed by atoms with Crippen LogP contribution in [0.2, 0.25) is 0 Å². The van der Waals surface area contributed by atoms with E-state index < -0.39 is 0 Å². The Bertz CT molecular complexity index is 1650. The Hall–Kier alpha value is -4.70. The summed E-state index contributed by atoms with van der Waals surface area (Å²) in [6.07, 6.45) is 5.10. The summed E-state index contributed by atoms with van der Waals surface area (Å²) in [5.41, 5.74) is 4.70. The number of hydrogen-bond acceptors (Lipinski definition) is 4. The summed E-state index contributed by atoms with van der Waals surface area (Å²) in [7, 11) is 0. The number of carbonyl (C=O) groups excluding carboxylic acids is 1. The van der Waals surface area contributed by atoms with Gasteiger partial charge in [-0.05, 0) is 54.6 Å². The number of nitrogens with zero attached hydrogens (tertiary/aromatic N) is 3. The van der Waals surface area contributed by atoms with Crippen LogP contribution in [0.5, 0.6) is 0 Å². The Morgan fingerprint density at radius 1 is 0.690 bits per heavy atom. The number of carbonyl (C=O) groups is 1. The van der Waals surface area contributed by atoms with E-state index in [9.17, 15) is 4.79 Å². The van der Waals surface area contributed by atoms with Crippen molar-refractivity contribution in [2.45, 2.75) is 55.9 Å². The summed E-state index contributed by atoms with van der Waals surface area (Å²) in [6, 6.07) is 26.4. The van der Waals surface area contributed by atoms with Gasteiger partial charge in [0.2, 0.25) is 0 Å². The number of rotatable bonds is 8. The van der Waals surface area contributed by atoms with E-state index in [4.69, 9.17) is 0 Å². The minimum Gasteiger partial charge on any atom is -0.289 e. The number of aryl methyl sites for hydroxylation is 1. The lowest BCUT2D eigenvalue weighted by Crippen LogP contribution is -2.01. The van der Waals surface area contributed by atoms with Crippen LogP contribution in [0.25, 0.3) is 21.5 Å². The van der Waals surface area contributed by atoms with E-state index in [1.165, 1.54) is 0 Å². The van der Waals surface area contributed by atoms with E-state index >= 15 is 0 Å². The van der Waals surface area contributed by atoms with Crippen LogP contribution in [0.15, 0.2) is 142 Å². The highest BCUT2D eigenvalue weighted by atomic mass is 16.1. The van der Waals surface area contributed by atoms with Gasteiger partial charge in [0.1, 0.15) is 0 Å². The zero-order chi connectivity index (χ0) is 30.4. The molecule has 0 heterocycles. The second-order valence-corrected chi connectivity index (χ2v) is 8.93. The monoisotopic (exact) mass is 559 g/mol. The van der Waals surface area contributed by atoms with Crippen molar-refractivity contribution < 1.29 is 4.79 Å². The first-order valence-corrected chi connectivity index (χ1v) is 14.0. The molecule has 4 aromatic rings. The summed E-state index contributed by atoms with van der Waals surface area (Å²) in [5.74, 6) is -0.268. The molecule has 0 bridgehead atoms. The third-order valence-electron chi connectivity index (χ3n) is 5.99. The van der Waals surface area contributed by atoms with Gasteiger partial charge in [0.25, 0.3) is 0 Å². The fourth-order valence-corrected chi connectivity index (χ4v) is 4.07. The lowest BCUT2D eigenvalue weighted by atomic mass is 10.0. The molecule has 0 saturated heterocycles. The largest absolute Gasteiger partial charge is 0.289 e. The number of azo groups is 1. The Labute approximate surface area is 252 Å². The maximum Gasteiger partial charge on any atom is 0.191 e. The smallest absolute Gasteiger partial charge is 0.191 e. The normalized spacial score (nSPS) is 11.4. The first-order valence-electron chi connectivity index (χ1n) is 14.0. The molecule has 0 saturated carbocycles. The first kappa shape index (κ1) is 35.3. The third kappa shape index (κ3) is 9.45. The predicted octanol–water partition coefficient (Wildman–Crippen LogP) is 11.7.